The fourth-order valence-electron chi connectivity index (χ4n) is 5.80. The van der Waals surface area contributed by atoms with Gasteiger partial charge in [-0.3, -0.25) is 9.59 Å². The molecule has 1 heterocycles. The van der Waals surface area contributed by atoms with Crippen LogP contribution in [0.1, 0.15) is 78.7 Å². The zero-order chi connectivity index (χ0) is 34.0. The first-order chi connectivity index (χ1) is 23.4. The van der Waals surface area contributed by atoms with Crippen LogP contribution in [0, 0.1) is 5.82 Å². The molecule has 0 radical (unpaired) electrons. The van der Waals surface area contributed by atoms with Crippen molar-refractivity contribution >= 4 is 40.9 Å². The number of rotatable bonds is 12. The van der Waals surface area contributed by atoms with Crippen molar-refractivity contribution in [2.45, 2.75) is 52.5 Å². The summed E-state index contributed by atoms with van der Waals surface area (Å²) in [6.45, 7) is 5.98. The van der Waals surface area contributed by atoms with Crippen molar-refractivity contribution in [3.8, 4) is 0 Å². The van der Waals surface area contributed by atoms with Crippen LogP contribution in [0.4, 0.5) is 15.8 Å². The molecule has 0 saturated carbocycles. The van der Waals surface area contributed by atoms with Crippen LogP contribution in [0.2, 0.25) is 0 Å². The lowest BCUT2D eigenvalue weighted by Gasteiger charge is -2.24. The van der Waals surface area contributed by atoms with Crippen LogP contribution in [0.25, 0.3) is 5.70 Å². The van der Waals surface area contributed by atoms with Crippen molar-refractivity contribution in [2.75, 3.05) is 12.0 Å². The summed E-state index contributed by atoms with van der Waals surface area (Å²) in [6.07, 6.45) is 5.56. The molecule has 0 aliphatic carbocycles. The molecule has 1 aliphatic rings. The normalized spacial score (nSPS) is 15.0. The summed E-state index contributed by atoms with van der Waals surface area (Å²) < 4.78 is 13.9. The van der Waals surface area contributed by atoms with Gasteiger partial charge in [0, 0.05) is 35.2 Å². The van der Waals surface area contributed by atoms with Gasteiger partial charge in [-0.1, -0.05) is 80.9 Å². The number of imide groups is 1. The van der Waals surface area contributed by atoms with Gasteiger partial charge in [-0.2, -0.15) is 10.6 Å². The fourth-order valence-corrected chi connectivity index (χ4v) is 5.80. The molecule has 0 fully saturated rings. The van der Waals surface area contributed by atoms with Crippen LogP contribution >= 0.6 is 0 Å². The van der Waals surface area contributed by atoms with Gasteiger partial charge >= 0.3 is 0 Å². The summed E-state index contributed by atoms with van der Waals surface area (Å²) in [6, 6.07) is 28.9. The fraction of sp³-hybridized carbons (Fsp3) is 0.231. The van der Waals surface area contributed by atoms with E-state index in [0.29, 0.717) is 42.0 Å². The van der Waals surface area contributed by atoms with Gasteiger partial charge in [-0.25, -0.2) is 24.1 Å². The quantitative estimate of drug-likeness (QED) is 0.0573. The molecule has 1 atom stereocenters. The SMILES string of the molecule is CCC/C=C(\N=C(C)N1N=C(c2cccc([NH2+]OC)c2)CC1c1ccc(F)cc1)c1cccc(N(C=O)C(=O)c2ccccc2CC)c1. The number of nitrogens with two attached hydrogens (primary N) is 1. The van der Waals surface area contributed by atoms with Crippen molar-refractivity contribution < 1.29 is 24.3 Å². The summed E-state index contributed by atoms with van der Waals surface area (Å²) >= 11 is 0. The second kappa shape index (κ2) is 16.0. The van der Waals surface area contributed by atoms with Gasteiger partial charge in [0.1, 0.15) is 11.7 Å². The first-order valence-electron chi connectivity index (χ1n) is 16.2. The molecular formula is C39H41FN5O3+. The van der Waals surface area contributed by atoms with Gasteiger partial charge < -0.3 is 0 Å². The van der Waals surface area contributed by atoms with Gasteiger partial charge in [0.05, 0.1) is 30.2 Å². The number of hydrogen-bond acceptors (Lipinski definition) is 5. The highest BCUT2D eigenvalue weighted by Crippen LogP contribution is 2.34. The summed E-state index contributed by atoms with van der Waals surface area (Å²) in [5.41, 5.74) is 8.62. The standard InChI is InChI=1S/C39H40FN5O3/c1-5-7-18-36(31-14-11-16-34(24-31)44(26-46)39(47)35-17-9-8-12-28(35)6-2)41-27(3)45-38(29-19-21-32(40)22-20-29)25-37(42-45)30-13-10-15-33(23-30)43-48-4/h8-24,26,38,43H,5-7,25H2,1-4H3/p+1/b36-18-,41-27?. The molecule has 48 heavy (non-hydrogen) atoms. The summed E-state index contributed by atoms with van der Waals surface area (Å²) in [4.78, 5) is 37.3. The Kier molecular flexibility index (Phi) is 11.4. The van der Waals surface area contributed by atoms with E-state index < -0.39 is 0 Å². The molecule has 246 valence electrons. The van der Waals surface area contributed by atoms with Crippen LogP contribution in [-0.4, -0.2) is 36.0 Å². The first kappa shape index (κ1) is 34.1. The number of amidine groups is 1. The molecule has 4 aromatic rings. The summed E-state index contributed by atoms with van der Waals surface area (Å²) in [5, 5.41) is 6.93. The van der Waals surface area contributed by atoms with E-state index in [-0.39, 0.29) is 17.8 Å². The Bertz CT molecular complexity index is 1850. The molecule has 0 aromatic heterocycles. The maximum atomic E-state index is 13.9. The molecule has 0 bridgehead atoms. The van der Waals surface area contributed by atoms with E-state index >= 15 is 0 Å². The molecule has 5 rings (SSSR count). The van der Waals surface area contributed by atoms with E-state index in [4.69, 9.17) is 14.9 Å². The molecule has 2 amide bonds. The third kappa shape index (κ3) is 7.82. The number of unbranched alkanes of at least 4 members (excludes halogenated alkanes) is 1. The minimum atomic E-state index is -0.383. The summed E-state index contributed by atoms with van der Waals surface area (Å²) in [5.74, 6) is -0.0400. The van der Waals surface area contributed by atoms with Gasteiger partial charge in [0.2, 0.25) is 6.41 Å². The highest BCUT2D eigenvalue weighted by Gasteiger charge is 2.31. The topological polar surface area (TPSA) is 91.2 Å². The van der Waals surface area contributed by atoms with Crippen LogP contribution < -0.4 is 10.4 Å². The molecule has 0 saturated heterocycles. The third-order valence-electron chi connectivity index (χ3n) is 8.25. The number of anilines is 1. The number of allylic oxidation sites excluding steroid dienone is 1. The van der Waals surface area contributed by atoms with E-state index in [9.17, 15) is 14.0 Å². The molecule has 1 unspecified atom stereocenters. The van der Waals surface area contributed by atoms with E-state index in [1.54, 1.807) is 42.9 Å². The maximum absolute atomic E-state index is 13.9. The number of hydrogen-bond donors (Lipinski definition) is 1. The van der Waals surface area contributed by atoms with Gasteiger partial charge in [-0.05, 0) is 61.2 Å². The number of aliphatic imine (C=N–C) groups is 1. The number of carbonyl (C=O) groups excluding carboxylic acids is 2. The number of benzene rings is 4. The lowest BCUT2D eigenvalue weighted by molar-refractivity contribution is -0.830. The third-order valence-corrected chi connectivity index (χ3v) is 8.25. The second-order valence-corrected chi connectivity index (χ2v) is 11.5. The van der Waals surface area contributed by atoms with E-state index in [1.807, 2.05) is 73.5 Å². The Morgan fingerprint density at radius 3 is 2.54 bits per heavy atom. The summed E-state index contributed by atoms with van der Waals surface area (Å²) in [7, 11) is 1.62. The van der Waals surface area contributed by atoms with Crippen LogP contribution in [0.3, 0.4) is 0 Å². The monoisotopic (exact) mass is 646 g/mol. The second-order valence-electron chi connectivity index (χ2n) is 11.5. The van der Waals surface area contributed by atoms with Crippen LogP contribution in [-0.2, 0) is 16.1 Å². The Balaban J connectivity index is 1.52. The van der Waals surface area contributed by atoms with Gasteiger partial charge in [0.15, 0.2) is 5.69 Å². The van der Waals surface area contributed by atoms with Crippen molar-refractivity contribution in [2.24, 2.45) is 10.1 Å². The van der Waals surface area contributed by atoms with E-state index in [2.05, 4.69) is 13.0 Å². The average molecular weight is 647 g/mol. The van der Waals surface area contributed by atoms with E-state index in [1.165, 1.54) is 12.1 Å². The largest absolute Gasteiger partial charge is 0.278 e. The molecule has 1 aliphatic heterocycles. The Morgan fingerprint density at radius 2 is 1.81 bits per heavy atom. The molecule has 0 spiro atoms. The maximum Gasteiger partial charge on any atom is 0.265 e. The van der Waals surface area contributed by atoms with Gasteiger partial charge in [-0.15, -0.1) is 0 Å². The minimum Gasteiger partial charge on any atom is -0.278 e. The molecule has 9 heteroatoms. The number of amides is 2. The Hall–Kier alpha value is -5.25. The van der Waals surface area contributed by atoms with Crippen molar-refractivity contribution in [3.63, 3.8) is 0 Å². The highest BCUT2D eigenvalue weighted by atomic mass is 19.1. The number of quaternary nitrogens is 1. The Morgan fingerprint density at radius 1 is 1.04 bits per heavy atom. The lowest BCUT2D eigenvalue weighted by Crippen LogP contribution is -2.75. The smallest absolute Gasteiger partial charge is 0.265 e. The van der Waals surface area contributed by atoms with E-state index in [0.717, 1.165) is 51.4 Å². The number of hydrazone groups is 1. The molecule has 8 nitrogen and oxygen atoms in total. The van der Waals surface area contributed by atoms with Crippen molar-refractivity contribution in [1.29, 1.82) is 0 Å². The average Bonchev–Trinajstić information content (AvgIpc) is 3.57. The molecule has 2 N–H and O–H groups in total. The van der Waals surface area contributed by atoms with Crippen LogP contribution in [0.5, 0.6) is 0 Å². The zero-order valence-corrected chi connectivity index (χ0v) is 27.8. The number of carbonyl (C=O) groups is 2. The van der Waals surface area contributed by atoms with Crippen molar-refractivity contribution in [1.82, 2.24) is 5.01 Å². The van der Waals surface area contributed by atoms with Crippen LogP contribution in [0.15, 0.2) is 113 Å². The molecular weight excluding hydrogens is 605 g/mol. The number of halogens is 1. The minimum absolute atomic E-state index is 0.208. The lowest BCUT2D eigenvalue weighted by atomic mass is 9.98. The molecule has 4 aromatic carbocycles. The Labute approximate surface area is 281 Å². The predicted octanol–water partition coefficient (Wildman–Crippen LogP) is 7.36. The highest BCUT2D eigenvalue weighted by molar-refractivity contribution is 6.16. The van der Waals surface area contributed by atoms with Gasteiger partial charge in [0.25, 0.3) is 5.91 Å². The predicted molar refractivity (Wildman–Crippen MR) is 188 cm³/mol. The number of nitrogens with zero attached hydrogens (tertiary/aromatic N) is 4. The number of aryl methyl sites for hydroxylation is 1. The van der Waals surface area contributed by atoms with Crippen molar-refractivity contribution in [3.05, 3.63) is 137 Å². The first-order valence-corrected chi connectivity index (χ1v) is 16.2. The zero-order valence-electron chi connectivity index (χ0n) is 27.8.